The number of aryl methyl sites for hydroxylation is 1. The summed E-state index contributed by atoms with van der Waals surface area (Å²) in [7, 11) is -3.46. The first-order valence-electron chi connectivity index (χ1n) is 9.81. The van der Waals surface area contributed by atoms with Gasteiger partial charge in [-0.1, -0.05) is 44.7 Å². The standard InChI is InChI=1S/C20H32N2O3S/c1-3-7-16(2)21-20(23)15-12-17-10-13-19(14-11-17)26(24,25)22-18-8-5-4-6-9-18/h10-11,13-14,16,18,22H,3-9,12,15H2,1-2H3,(H,21,23)/t16-/m1/s1. The third-order valence-electron chi connectivity index (χ3n) is 4.93. The van der Waals surface area contributed by atoms with Gasteiger partial charge in [-0.05, 0) is 50.3 Å². The van der Waals surface area contributed by atoms with E-state index in [1.807, 2.05) is 6.92 Å². The van der Waals surface area contributed by atoms with Gasteiger partial charge in [-0.25, -0.2) is 13.1 Å². The van der Waals surface area contributed by atoms with Crippen LogP contribution in [0.2, 0.25) is 0 Å². The molecule has 1 aliphatic carbocycles. The maximum atomic E-state index is 12.5. The van der Waals surface area contributed by atoms with Crippen molar-refractivity contribution in [2.45, 2.75) is 88.6 Å². The molecule has 0 unspecified atom stereocenters. The number of hydrogen-bond acceptors (Lipinski definition) is 3. The molecule has 0 aromatic heterocycles. The van der Waals surface area contributed by atoms with Gasteiger partial charge in [0.05, 0.1) is 4.90 Å². The Labute approximate surface area is 158 Å². The average molecular weight is 381 g/mol. The Kier molecular flexibility index (Phi) is 8.10. The van der Waals surface area contributed by atoms with Gasteiger partial charge in [-0.2, -0.15) is 0 Å². The third-order valence-corrected chi connectivity index (χ3v) is 6.47. The molecular weight excluding hydrogens is 348 g/mol. The monoisotopic (exact) mass is 380 g/mol. The van der Waals surface area contributed by atoms with Gasteiger partial charge in [0.2, 0.25) is 15.9 Å². The Bertz CT molecular complexity index is 665. The first kappa shape index (κ1) is 20.9. The van der Waals surface area contributed by atoms with E-state index in [0.29, 0.717) is 17.7 Å². The van der Waals surface area contributed by atoms with Crippen molar-refractivity contribution >= 4 is 15.9 Å². The molecule has 1 aliphatic rings. The minimum absolute atomic E-state index is 0.0432. The number of carbonyl (C=O) groups is 1. The maximum Gasteiger partial charge on any atom is 0.240 e. The molecule has 146 valence electrons. The maximum absolute atomic E-state index is 12.5. The molecule has 1 atom stereocenters. The summed E-state index contributed by atoms with van der Waals surface area (Å²) in [6.07, 6.45) is 8.26. The number of hydrogen-bond donors (Lipinski definition) is 2. The summed E-state index contributed by atoms with van der Waals surface area (Å²) in [5.74, 6) is 0.0432. The van der Waals surface area contributed by atoms with Crippen molar-refractivity contribution in [3.63, 3.8) is 0 Å². The molecule has 6 heteroatoms. The molecule has 1 saturated carbocycles. The Morgan fingerprint density at radius 2 is 1.81 bits per heavy atom. The van der Waals surface area contributed by atoms with Gasteiger partial charge in [0.25, 0.3) is 0 Å². The van der Waals surface area contributed by atoms with Gasteiger partial charge in [0.1, 0.15) is 0 Å². The van der Waals surface area contributed by atoms with Crippen LogP contribution in [-0.4, -0.2) is 26.4 Å². The Hall–Kier alpha value is -1.40. The van der Waals surface area contributed by atoms with Crippen LogP contribution in [-0.2, 0) is 21.2 Å². The predicted octanol–water partition coefficient (Wildman–Crippen LogP) is 3.54. The number of sulfonamides is 1. The quantitative estimate of drug-likeness (QED) is 0.688. The van der Waals surface area contributed by atoms with Crippen LogP contribution in [0.4, 0.5) is 0 Å². The van der Waals surface area contributed by atoms with Crippen molar-refractivity contribution in [2.24, 2.45) is 0 Å². The lowest BCUT2D eigenvalue weighted by Gasteiger charge is -2.22. The molecule has 0 saturated heterocycles. The Balaban J connectivity index is 1.86. The predicted molar refractivity (Wildman–Crippen MR) is 104 cm³/mol. The summed E-state index contributed by atoms with van der Waals surface area (Å²) in [4.78, 5) is 12.2. The third kappa shape index (κ3) is 6.72. The van der Waals surface area contributed by atoms with Crippen LogP contribution < -0.4 is 10.0 Å². The highest BCUT2D eigenvalue weighted by atomic mass is 32.2. The summed E-state index contributed by atoms with van der Waals surface area (Å²) in [6, 6.07) is 7.14. The van der Waals surface area contributed by atoms with Gasteiger partial charge >= 0.3 is 0 Å². The van der Waals surface area contributed by atoms with Gasteiger partial charge in [0.15, 0.2) is 0 Å². The van der Waals surface area contributed by atoms with Crippen molar-refractivity contribution in [1.29, 1.82) is 0 Å². The fraction of sp³-hybridized carbons (Fsp3) is 0.650. The average Bonchev–Trinajstić information content (AvgIpc) is 2.61. The van der Waals surface area contributed by atoms with E-state index < -0.39 is 10.0 Å². The van der Waals surface area contributed by atoms with E-state index >= 15 is 0 Å². The minimum atomic E-state index is -3.46. The lowest BCUT2D eigenvalue weighted by Crippen LogP contribution is -2.36. The van der Waals surface area contributed by atoms with Crippen LogP contribution in [0.15, 0.2) is 29.2 Å². The summed E-state index contributed by atoms with van der Waals surface area (Å²) in [6.45, 7) is 4.11. The number of carbonyl (C=O) groups excluding carboxylic acids is 1. The summed E-state index contributed by atoms with van der Waals surface area (Å²) in [5.41, 5.74) is 0.972. The van der Waals surface area contributed by atoms with E-state index in [2.05, 4.69) is 17.0 Å². The van der Waals surface area contributed by atoms with Crippen molar-refractivity contribution in [3.8, 4) is 0 Å². The van der Waals surface area contributed by atoms with E-state index in [1.54, 1.807) is 24.3 Å². The molecular formula is C20H32N2O3S. The number of nitrogens with one attached hydrogen (secondary N) is 2. The highest BCUT2D eigenvalue weighted by Crippen LogP contribution is 2.20. The van der Waals surface area contributed by atoms with Crippen molar-refractivity contribution in [3.05, 3.63) is 29.8 Å². The second-order valence-corrected chi connectivity index (χ2v) is 9.07. The van der Waals surface area contributed by atoms with Crippen LogP contribution in [0.3, 0.4) is 0 Å². The van der Waals surface area contributed by atoms with Gasteiger partial charge in [-0.3, -0.25) is 4.79 Å². The minimum Gasteiger partial charge on any atom is -0.354 e. The lowest BCUT2D eigenvalue weighted by atomic mass is 9.96. The molecule has 26 heavy (non-hydrogen) atoms. The SMILES string of the molecule is CCC[C@@H](C)NC(=O)CCc1ccc(S(=O)(=O)NC2CCCCC2)cc1. The zero-order chi connectivity index (χ0) is 19.0. The molecule has 0 bridgehead atoms. The van der Waals surface area contributed by atoms with E-state index in [-0.39, 0.29) is 18.0 Å². The molecule has 1 aromatic rings. The first-order valence-corrected chi connectivity index (χ1v) is 11.3. The highest BCUT2D eigenvalue weighted by Gasteiger charge is 2.21. The number of amides is 1. The van der Waals surface area contributed by atoms with Crippen molar-refractivity contribution in [2.75, 3.05) is 0 Å². The molecule has 0 heterocycles. The van der Waals surface area contributed by atoms with E-state index in [4.69, 9.17) is 0 Å². The summed E-state index contributed by atoms with van der Waals surface area (Å²) >= 11 is 0. The fourth-order valence-electron chi connectivity index (χ4n) is 3.45. The largest absolute Gasteiger partial charge is 0.354 e. The van der Waals surface area contributed by atoms with E-state index in [9.17, 15) is 13.2 Å². The zero-order valence-corrected chi connectivity index (χ0v) is 16.8. The Morgan fingerprint density at radius 1 is 1.15 bits per heavy atom. The van der Waals surface area contributed by atoms with E-state index in [1.165, 1.54) is 6.42 Å². The zero-order valence-electron chi connectivity index (χ0n) is 16.0. The van der Waals surface area contributed by atoms with Crippen LogP contribution in [0.5, 0.6) is 0 Å². The van der Waals surface area contributed by atoms with Gasteiger partial charge in [-0.15, -0.1) is 0 Å². The van der Waals surface area contributed by atoms with Crippen molar-refractivity contribution in [1.82, 2.24) is 10.0 Å². The van der Waals surface area contributed by atoms with E-state index in [0.717, 1.165) is 44.1 Å². The normalized spacial score (nSPS) is 17.0. The molecule has 2 rings (SSSR count). The van der Waals surface area contributed by atoms with Crippen molar-refractivity contribution < 1.29 is 13.2 Å². The molecule has 1 fully saturated rings. The lowest BCUT2D eigenvalue weighted by molar-refractivity contribution is -0.121. The van der Waals surface area contributed by atoms with Crippen LogP contribution >= 0.6 is 0 Å². The molecule has 5 nitrogen and oxygen atoms in total. The second-order valence-electron chi connectivity index (χ2n) is 7.36. The molecule has 1 amide bonds. The Morgan fingerprint density at radius 3 is 2.42 bits per heavy atom. The smallest absolute Gasteiger partial charge is 0.240 e. The fourth-order valence-corrected chi connectivity index (χ4v) is 4.76. The van der Waals surface area contributed by atoms with Crippen LogP contribution in [0.1, 0.15) is 70.8 Å². The molecule has 2 N–H and O–H groups in total. The first-order chi connectivity index (χ1) is 12.4. The van der Waals surface area contributed by atoms with Crippen LogP contribution in [0.25, 0.3) is 0 Å². The summed E-state index contributed by atoms with van der Waals surface area (Å²) in [5, 5.41) is 2.99. The van der Waals surface area contributed by atoms with Gasteiger partial charge < -0.3 is 5.32 Å². The summed E-state index contributed by atoms with van der Waals surface area (Å²) < 4.78 is 27.8. The van der Waals surface area contributed by atoms with Crippen LogP contribution in [0, 0.1) is 0 Å². The topological polar surface area (TPSA) is 75.3 Å². The molecule has 0 radical (unpaired) electrons. The molecule has 0 spiro atoms. The number of rotatable bonds is 9. The highest BCUT2D eigenvalue weighted by molar-refractivity contribution is 7.89. The molecule has 0 aliphatic heterocycles. The van der Waals surface area contributed by atoms with Gasteiger partial charge in [0, 0.05) is 18.5 Å². The number of benzene rings is 1. The second kappa shape index (κ2) is 10.1. The molecule has 1 aromatic carbocycles.